The van der Waals surface area contributed by atoms with Crippen molar-refractivity contribution in [2.45, 2.75) is 6.42 Å². The molecular weight excluding hydrogens is 208 g/mol. The zero-order chi connectivity index (χ0) is 11.4. The van der Waals surface area contributed by atoms with Crippen LogP contribution >= 0.6 is 0 Å². The van der Waals surface area contributed by atoms with Crippen LogP contribution in [0.15, 0.2) is 35.2 Å². The topological polar surface area (TPSA) is 65.2 Å². The maximum atomic E-state index is 11.7. The molecule has 0 atom stereocenters. The molecular formula is C11H10N2O3. The number of rotatable bonds is 4. The van der Waals surface area contributed by atoms with Crippen LogP contribution in [-0.4, -0.2) is 22.9 Å². The summed E-state index contributed by atoms with van der Waals surface area (Å²) in [7, 11) is 1.51. The Hall–Kier alpha value is -2.17. The molecule has 5 nitrogen and oxygen atoms in total. The summed E-state index contributed by atoms with van der Waals surface area (Å²) in [6, 6.07) is 4.93. The zero-order valence-corrected chi connectivity index (χ0v) is 8.71. The summed E-state index contributed by atoms with van der Waals surface area (Å²) in [6.45, 7) is 0. The second kappa shape index (κ2) is 4.57. The first kappa shape index (κ1) is 10.4. The Balaban J connectivity index is 2.12. The van der Waals surface area contributed by atoms with E-state index >= 15 is 0 Å². The van der Waals surface area contributed by atoms with Gasteiger partial charge in [0, 0.05) is 6.07 Å². The van der Waals surface area contributed by atoms with Crippen LogP contribution in [0.5, 0.6) is 5.88 Å². The molecule has 0 unspecified atom stereocenters. The molecule has 16 heavy (non-hydrogen) atoms. The highest BCUT2D eigenvalue weighted by atomic mass is 16.5. The second-order valence-corrected chi connectivity index (χ2v) is 3.13. The Morgan fingerprint density at radius 3 is 3.06 bits per heavy atom. The lowest BCUT2D eigenvalue weighted by atomic mass is 10.2. The third-order valence-corrected chi connectivity index (χ3v) is 2.05. The Morgan fingerprint density at radius 1 is 1.50 bits per heavy atom. The monoisotopic (exact) mass is 218 g/mol. The van der Waals surface area contributed by atoms with Crippen LogP contribution < -0.4 is 4.74 Å². The normalized spacial score (nSPS) is 10.1. The zero-order valence-electron chi connectivity index (χ0n) is 8.71. The largest absolute Gasteiger partial charge is 0.481 e. The lowest BCUT2D eigenvalue weighted by Crippen LogP contribution is -2.04. The molecule has 0 bridgehead atoms. The van der Waals surface area contributed by atoms with E-state index in [9.17, 15) is 4.79 Å². The van der Waals surface area contributed by atoms with Crippen LogP contribution in [-0.2, 0) is 6.42 Å². The van der Waals surface area contributed by atoms with Gasteiger partial charge in [-0.05, 0) is 12.1 Å². The number of carbonyl (C=O) groups excluding carboxylic acids is 1. The lowest BCUT2D eigenvalue weighted by Gasteiger charge is -2.00. The standard InChI is InChI=1S/C11H10N2O3/c1-15-11-6-8(12-7-13-11)5-9(14)10-3-2-4-16-10/h2-4,6-7H,5H2,1H3. The van der Waals surface area contributed by atoms with Gasteiger partial charge in [-0.2, -0.15) is 0 Å². The fraction of sp³-hybridized carbons (Fsp3) is 0.182. The van der Waals surface area contributed by atoms with E-state index < -0.39 is 0 Å². The van der Waals surface area contributed by atoms with Gasteiger partial charge in [-0.15, -0.1) is 0 Å². The van der Waals surface area contributed by atoms with Crippen LogP contribution in [0.3, 0.4) is 0 Å². The van der Waals surface area contributed by atoms with E-state index in [0.717, 1.165) is 0 Å². The number of methoxy groups -OCH3 is 1. The Morgan fingerprint density at radius 2 is 2.38 bits per heavy atom. The van der Waals surface area contributed by atoms with Crippen molar-refractivity contribution < 1.29 is 13.9 Å². The molecule has 82 valence electrons. The van der Waals surface area contributed by atoms with Crippen molar-refractivity contribution in [2.75, 3.05) is 7.11 Å². The van der Waals surface area contributed by atoms with E-state index in [-0.39, 0.29) is 12.2 Å². The summed E-state index contributed by atoms with van der Waals surface area (Å²) in [5.74, 6) is 0.653. The number of furan rings is 1. The average molecular weight is 218 g/mol. The van der Waals surface area contributed by atoms with Gasteiger partial charge in [-0.25, -0.2) is 9.97 Å². The maximum Gasteiger partial charge on any atom is 0.216 e. The van der Waals surface area contributed by atoms with Gasteiger partial charge in [0.15, 0.2) is 5.76 Å². The summed E-state index contributed by atoms with van der Waals surface area (Å²) in [6.07, 6.45) is 3.00. The molecule has 2 rings (SSSR count). The predicted molar refractivity (Wildman–Crippen MR) is 55.3 cm³/mol. The molecule has 0 aliphatic rings. The van der Waals surface area contributed by atoms with Crippen molar-refractivity contribution in [1.29, 1.82) is 0 Å². The average Bonchev–Trinajstić information content (AvgIpc) is 2.83. The molecule has 0 saturated heterocycles. The highest BCUT2D eigenvalue weighted by Crippen LogP contribution is 2.10. The molecule has 2 aromatic heterocycles. The number of hydrogen-bond donors (Lipinski definition) is 0. The fourth-order valence-electron chi connectivity index (χ4n) is 1.27. The minimum atomic E-state index is -0.120. The molecule has 0 radical (unpaired) electrons. The van der Waals surface area contributed by atoms with E-state index in [0.29, 0.717) is 17.3 Å². The molecule has 0 aliphatic heterocycles. The van der Waals surface area contributed by atoms with Crippen LogP contribution in [0.1, 0.15) is 16.2 Å². The number of aromatic nitrogens is 2. The van der Waals surface area contributed by atoms with Crippen molar-refractivity contribution in [2.24, 2.45) is 0 Å². The number of ether oxygens (including phenoxy) is 1. The van der Waals surface area contributed by atoms with Gasteiger partial charge in [-0.3, -0.25) is 4.79 Å². The van der Waals surface area contributed by atoms with E-state index in [1.54, 1.807) is 18.2 Å². The summed E-state index contributed by atoms with van der Waals surface area (Å²) < 4.78 is 9.94. The Labute approximate surface area is 92.1 Å². The fourth-order valence-corrected chi connectivity index (χ4v) is 1.27. The van der Waals surface area contributed by atoms with Gasteiger partial charge in [0.25, 0.3) is 0 Å². The summed E-state index contributed by atoms with van der Waals surface area (Å²) in [4.78, 5) is 19.5. The first-order valence-electron chi connectivity index (χ1n) is 4.71. The van der Waals surface area contributed by atoms with E-state index in [4.69, 9.17) is 9.15 Å². The summed E-state index contributed by atoms with van der Waals surface area (Å²) in [5.41, 5.74) is 0.605. The Bertz CT molecular complexity index is 480. The number of nitrogens with zero attached hydrogens (tertiary/aromatic N) is 2. The molecule has 0 spiro atoms. The SMILES string of the molecule is COc1cc(CC(=O)c2ccco2)ncn1. The molecule has 2 heterocycles. The van der Waals surface area contributed by atoms with Gasteiger partial charge in [0.1, 0.15) is 6.33 Å². The molecule has 0 aliphatic carbocycles. The maximum absolute atomic E-state index is 11.7. The van der Waals surface area contributed by atoms with Gasteiger partial charge in [0.2, 0.25) is 11.7 Å². The second-order valence-electron chi connectivity index (χ2n) is 3.13. The molecule has 0 amide bonds. The van der Waals surface area contributed by atoms with E-state index in [1.165, 1.54) is 19.7 Å². The highest BCUT2D eigenvalue weighted by molar-refractivity contribution is 5.94. The van der Waals surface area contributed by atoms with E-state index in [2.05, 4.69) is 9.97 Å². The van der Waals surface area contributed by atoms with Gasteiger partial charge in [-0.1, -0.05) is 0 Å². The number of ketones is 1. The summed E-state index contributed by atoms with van der Waals surface area (Å²) in [5, 5.41) is 0. The smallest absolute Gasteiger partial charge is 0.216 e. The number of Topliss-reactive ketones (excluding diaryl/α,β-unsaturated/α-hetero) is 1. The molecule has 0 saturated carbocycles. The first-order chi connectivity index (χ1) is 7.79. The molecule has 2 aromatic rings. The van der Waals surface area contributed by atoms with Crippen molar-refractivity contribution in [1.82, 2.24) is 9.97 Å². The van der Waals surface area contributed by atoms with E-state index in [1.807, 2.05) is 0 Å². The van der Waals surface area contributed by atoms with Gasteiger partial charge in [0.05, 0.1) is 25.5 Å². The third kappa shape index (κ3) is 2.25. The van der Waals surface area contributed by atoms with Crippen LogP contribution in [0, 0.1) is 0 Å². The number of carbonyl (C=O) groups is 1. The first-order valence-corrected chi connectivity index (χ1v) is 4.71. The molecule has 0 fully saturated rings. The van der Waals surface area contributed by atoms with Gasteiger partial charge >= 0.3 is 0 Å². The minimum Gasteiger partial charge on any atom is -0.481 e. The van der Waals surface area contributed by atoms with Gasteiger partial charge < -0.3 is 9.15 Å². The van der Waals surface area contributed by atoms with Crippen LogP contribution in [0.4, 0.5) is 0 Å². The van der Waals surface area contributed by atoms with Crippen LogP contribution in [0.2, 0.25) is 0 Å². The predicted octanol–water partition coefficient (Wildman–Crippen LogP) is 1.50. The molecule has 0 aromatic carbocycles. The third-order valence-electron chi connectivity index (χ3n) is 2.05. The summed E-state index contributed by atoms with van der Waals surface area (Å²) >= 11 is 0. The lowest BCUT2D eigenvalue weighted by molar-refractivity contribution is 0.0965. The Kier molecular flexibility index (Phi) is 2.95. The minimum absolute atomic E-state index is 0.120. The quantitative estimate of drug-likeness (QED) is 0.727. The molecule has 0 N–H and O–H groups in total. The number of hydrogen-bond acceptors (Lipinski definition) is 5. The van der Waals surface area contributed by atoms with Crippen molar-refractivity contribution in [3.05, 3.63) is 42.2 Å². The van der Waals surface area contributed by atoms with Crippen molar-refractivity contribution >= 4 is 5.78 Å². The van der Waals surface area contributed by atoms with Crippen molar-refractivity contribution in [3.8, 4) is 5.88 Å². The van der Waals surface area contributed by atoms with Crippen molar-refractivity contribution in [3.63, 3.8) is 0 Å². The highest BCUT2D eigenvalue weighted by Gasteiger charge is 2.11. The molecule has 5 heteroatoms. The van der Waals surface area contributed by atoms with Crippen LogP contribution in [0.25, 0.3) is 0 Å².